The molecule has 3 atom stereocenters. The molecule has 1 aromatic carbocycles. The maximum atomic E-state index is 14.5. The largest absolute Gasteiger partial charge is 0.364 e. The van der Waals surface area contributed by atoms with Gasteiger partial charge in [0, 0.05) is 12.6 Å². The lowest BCUT2D eigenvalue weighted by Crippen LogP contribution is -2.72. The molecule has 4 amide bonds. The molecule has 4 rings (SSSR count). The summed E-state index contributed by atoms with van der Waals surface area (Å²) < 4.78 is 14.5. The normalized spacial score (nSPS) is 28.9. The first-order valence-electron chi connectivity index (χ1n) is 9.15. The van der Waals surface area contributed by atoms with Crippen LogP contribution in [0.1, 0.15) is 38.7 Å². The van der Waals surface area contributed by atoms with Crippen LogP contribution < -0.4 is 10.2 Å². The molecule has 0 saturated carbocycles. The van der Waals surface area contributed by atoms with Gasteiger partial charge in [-0.05, 0) is 44.2 Å². The first kappa shape index (κ1) is 17.0. The van der Waals surface area contributed by atoms with Crippen LogP contribution in [0.3, 0.4) is 0 Å². The molecule has 0 unspecified atom stereocenters. The topological polar surface area (TPSA) is 69.7 Å². The van der Waals surface area contributed by atoms with Gasteiger partial charge in [0.15, 0.2) is 5.41 Å². The van der Waals surface area contributed by atoms with Crippen molar-refractivity contribution < 1.29 is 18.8 Å². The number of rotatable bonds is 2. The Morgan fingerprint density at radius 1 is 1.35 bits per heavy atom. The van der Waals surface area contributed by atoms with Crippen molar-refractivity contribution >= 4 is 23.5 Å². The Morgan fingerprint density at radius 2 is 2.12 bits per heavy atom. The number of amides is 4. The van der Waals surface area contributed by atoms with Crippen LogP contribution in [0, 0.1) is 11.2 Å². The van der Waals surface area contributed by atoms with E-state index in [1.165, 1.54) is 11.0 Å². The zero-order valence-electron chi connectivity index (χ0n) is 14.9. The molecule has 0 aliphatic carbocycles. The molecule has 3 aliphatic rings. The molecule has 2 fully saturated rings. The quantitative estimate of drug-likeness (QED) is 0.822. The number of nitrogens with one attached hydrogen (secondary N) is 1. The molecule has 0 bridgehead atoms. The van der Waals surface area contributed by atoms with Crippen LogP contribution in [0.15, 0.2) is 18.2 Å². The van der Waals surface area contributed by atoms with Gasteiger partial charge in [-0.25, -0.2) is 9.18 Å². The van der Waals surface area contributed by atoms with E-state index >= 15 is 0 Å². The van der Waals surface area contributed by atoms with E-state index in [2.05, 4.69) is 5.32 Å². The number of benzene rings is 1. The van der Waals surface area contributed by atoms with E-state index in [9.17, 15) is 18.8 Å². The van der Waals surface area contributed by atoms with Crippen molar-refractivity contribution in [1.29, 1.82) is 0 Å². The summed E-state index contributed by atoms with van der Waals surface area (Å²) in [5.74, 6) is -1.34. The van der Waals surface area contributed by atoms with Crippen molar-refractivity contribution in [3.63, 3.8) is 0 Å². The number of nitrogens with zero attached hydrogens (tertiary/aromatic N) is 2. The molecule has 7 heteroatoms. The number of anilines is 1. The third-order valence-electron chi connectivity index (χ3n) is 6.12. The summed E-state index contributed by atoms with van der Waals surface area (Å²) in [7, 11) is 0. The zero-order chi connectivity index (χ0) is 18.6. The first-order chi connectivity index (χ1) is 12.4. The number of barbiturate groups is 1. The van der Waals surface area contributed by atoms with Crippen LogP contribution in [-0.4, -0.2) is 41.4 Å². The molecule has 6 nitrogen and oxygen atoms in total. The highest BCUT2D eigenvalue weighted by Gasteiger charge is 2.63. The molecule has 3 aliphatic heterocycles. The molecule has 1 N–H and O–H groups in total. The number of fused-ring (bicyclic) bond motifs is 4. The molecule has 0 aromatic heterocycles. The third-order valence-corrected chi connectivity index (χ3v) is 6.12. The van der Waals surface area contributed by atoms with E-state index in [4.69, 9.17) is 0 Å². The molecule has 1 spiro atoms. The van der Waals surface area contributed by atoms with Crippen LogP contribution in [0.25, 0.3) is 0 Å². The number of carbonyl (C=O) groups excluding carboxylic acids is 3. The Morgan fingerprint density at radius 3 is 2.85 bits per heavy atom. The lowest BCUT2D eigenvalue weighted by Gasteiger charge is -2.50. The van der Waals surface area contributed by atoms with Gasteiger partial charge in [-0.3, -0.25) is 19.8 Å². The highest BCUT2D eigenvalue weighted by Crippen LogP contribution is 2.49. The Balaban J connectivity index is 1.88. The highest BCUT2D eigenvalue weighted by atomic mass is 19.1. The summed E-state index contributed by atoms with van der Waals surface area (Å²) in [6.07, 6.45) is 2.11. The molecule has 3 heterocycles. The standard InChI is InChI=1S/C19H22FN3O3/c1-3-11(2)23-17(25)19(16(24)21-18(23)26)10-12-6-4-7-13(20)15(12)22-9-5-8-14(19)22/h4,6-7,11,14H,3,5,8-10H2,1-2H3,(H,21,24,26)/t11-,14+,19+/m0/s1. The average molecular weight is 359 g/mol. The van der Waals surface area contributed by atoms with Gasteiger partial charge in [0.25, 0.3) is 0 Å². The van der Waals surface area contributed by atoms with Gasteiger partial charge < -0.3 is 4.90 Å². The molecule has 2 saturated heterocycles. The van der Waals surface area contributed by atoms with E-state index in [0.29, 0.717) is 30.6 Å². The summed E-state index contributed by atoms with van der Waals surface area (Å²) in [6, 6.07) is 3.37. The van der Waals surface area contributed by atoms with Gasteiger partial charge in [-0.15, -0.1) is 0 Å². The van der Waals surface area contributed by atoms with Gasteiger partial charge in [0.05, 0.1) is 11.7 Å². The van der Waals surface area contributed by atoms with Gasteiger partial charge >= 0.3 is 6.03 Å². The first-order valence-corrected chi connectivity index (χ1v) is 9.15. The van der Waals surface area contributed by atoms with Gasteiger partial charge in [0.2, 0.25) is 11.8 Å². The molecular formula is C19H22FN3O3. The molecule has 1 aromatic rings. The number of carbonyl (C=O) groups is 3. The van der Waals surface area contributed by atoms with Gasteiger partial charge in [-0.2, -0.15) is 0 Å². The van der Waals surface area contributed by atoms with Crippen molar-refractivity contribution in [2.75, 3.05) is 11.4 Å². The Bertz CT molecular complexity index is 811. The monoisotopic (exact) mass is 359 g/mol. The zero-order valence-corrected chi connectivity index (χ0v) is 14.9. The summed E-state index contributed by atoms with van der Waals surface area (Å²) in [4.78, 5) is 41.8. The highest BCUT2D eigenvalue weighted by molar-refractivity contribution is 6.20. The predicted octanol–water partition coefficient (Wildman–Crippen LogP) is 2.21. The number of hydrogen-bond donors (Lipinski definition) is 1. The fourth-order valence-electron chi connectivity index (χ4n) is 4.70. The number of urea groups is 1. The van der Waals surface area contributed by atoms with Gasteiger partial charge in [0.1, 0.15) is 5.82 Å². The van der Waals surface area contributed by atoms with E-state index in [1.54, 1.807) is 19.1 Å². The number of halogens is 1. The van der Waals surface area contributed by atoms with Crippen LogP contribution >= 0.6 is 0 Å². The maximum absolute atomic E-state index is 14.5. The average Bonchev–Trinajstić information content (AvgIpc) is 3.09. The van der Waals surface area contributed by atoms with Crippen molar-refractivity contribution in [3.05, 3.63) is 29.6 Å². The lowest BCUT2D eigenvalue weighted by molar-refractivity contribution is -0.154. The summed E-state index contributed by atoms with van der Waals surface area (Å²) >= 11 is 0. The Labute approximate surface area is 151 Å². The van der Waals surface area contributed by atoms with Crippen molar-refractivity contribution in [1.82, 2.24) is 10.2 Å². The van der Waals surface area contributed by atoms with Gasteiger partial charge in [-0.1, -0.05) is 19.1 Å². The summed E-state index contributed by atoms with van der Waals surface area (Å²) in [5.41, 5.74) is -0.243. The van der Waals surface area contributed by atoms with Crippen LogP contribution in [0.4, 0.5) is 14.9 Å². The number of hydrogen-bond acceptors (Lipinski definition) is 4. The fourth-order valence-corrected chi connectivity index (χ4v) is 4.70. The number of para-hydroxylation sites is 1. The van der Waals surface area contributed by atoms with E-state index < -0.39 is 29.3 Å². The molecule has 0 radical (unpaired) electrons. The van der Waals surface area contributed by atoms with Crippen LogP contribution in [-0.2, 0) is 16.0 Å². The SMILES string of the molecule is CC[C@H](C)N1C(=O)NC(=O)[C@]2(Cc3cccc(F)c3N3CCC[C@@H]32)C1=O. The molecule has 26 heavy (non-hydrogen) atoms. The second-order valence-corrected chi connectivity index (χ2v) is 7.44. The third kappa shape index (κ3) is 2.06. The predicted molar refractivity (Wildman–Crippen MR) is 93.0 cm³/mol. The molecule has 138 valence electrons. The lowest BCUT2D eigenvalue weighted by atomic mass is 9.68. The smallest absolute Gasteiger partial charge is 0.331 e. The Hall–Kier alpha value is -2.44. The summed E-state index contributed by atoms with van der Waals surface area (Å²) in [5, 5.41) is 2.40. The fraction of sp³-hybridized carbons (Fsp3) is 0.526. The van der Waals surface area contributed by atoms with Crippen molar-refractivity contribution in [2.45, 2.75) is 51.6 Å². The maximum Gasteiger partial charge on any atom is 0.331 e. The minimum atomic E-state index is -1.38. The second kappa shape index (κ2) is 5.79. The van der Waals surface area contributed by atoms with E-state index in [-0.39, 0.29) is 18.3 Å². The van der Waals surface area contributed by atoms with E-state index in [0.717, 1.165) is 6.42 Å². The van der Waals surface area contributed by atoms with E-state index in [1.807, 2.05) is 11.8 Å². The second-order valence-electron chi connectivity index (χ2n) is 7.44. The minimum Gasteiger partial charge on any atom is -0.364 e. The molecular weight excluding hydrogens is 337 g/mol. The number of imide groups is 2. The van der Waals surface area contributed by atoms with Crippen LogP contribution in [0.2, 0.25) is 0 Å². The Kier molecular flexibility index (Phi) is 3.78. The minimum absolute atomic E-state index is 0.117. The summed E-state index contributed by atoms with van der Waals surface area (Å²) in [6.45, 7) is 4.28. The van der Waals surface area contributed by atoms with Crippen LogP contribution in [0.5, 0.6) is 0 Å². The van der Waals surface area contributed by atoms with Crippen molar-refractivity contribution in [3.8, 4) is 0 Å². The van der Waals surface area contributed by atoms with Crippen molar-refractivity contribution in [2.24, 2.45) is 5.41 Å².